The first kappa shape index (κ1) is 18.5. The van der Waals surface area contributed by atoms with Crippen molar-refractivity contribution in [2.45, 2.75) is 32.6 Å². The second-order valence-electron chi connectivity index (χ2n) is 5.68. The Morgan fingerprint density at radius 3 is 2.71 bits per heavy atom. The molecule has 0 saturated carbocycles. The molecule has 1 aromatic rings. The molecule has 5 heteroatoms. The number of hydrogen-bond donors (Lipinski definition) is 1. The summed E-state index contributed by atoms with van der Waals surface area (Å²) in [7, 11) is -2.87. The van der Waals surface area contributed by atoms with Gasteiger partial charge in [0, 0.05) is 17.0 Å². The van der Waals surface area contributed by atoms with E-state index in [0.717, 1.165) is 43.8 Å². The first-order chi connectivity index (χ1) is 9.90. The smallest absolute Gasteiger partial charge is 0.147 e. The molecule has 0 aliphatic rings. The standard InChI is InChI=1S/C16H26ClNO2S/c1-3-9-18-13-15(7-5-10-21(2,19)20)11-14-6-4-8-16(17)12-14/h4,6,8,12,15,18H,3,5,7,9-11,13H2,1-2H3. The van der Waals surface area contributed by atoms with E-state index in [9.17, 15) is 8.42 Å². The summed E-state index contributed by atoms with van der Waals surface area (Å²) in [4.78, 5) is 0. The van der Waals surface area contributed by atoms with Crippen LogP contribution in [0.5, 0.6) is 0 Å². The Labute approximate surface area is 134 Å². The topological polar surface area (TPSA) is 46.2 Å². The molecule has 0 amide bonds. The number of hydrogen-bond acceptors (Lipinski definition) is 3. The Bertz CT molecular complexity index is 517. The zero-order valence-corrected chi connectivity index (χ0v) is 14.5. The highest BCUT2D eigenvalue weighted by Gasteiger charge is 2.12. The Kier molecular flexibility index (Phi) is 8.30. The van der Waals surface area contributed by atoms with Gasteiger partial charge in [-0.05, 0) is 62.4 Å². The summed E-state index contributed by atoms with van der Waals surface area (Å²) >= 11 is 6.02. The van der Waals surface area contributed by atoms with Gasteiger partial charge in [0.05, 0.1) is 0 Å². The zero-order chi connectivity index (χ0) is 15.7. The van der Waals surface area contributed by atoms with Crippen molar-refractivity contribution in [2.24, 2.45) is 5.92 Å². The van der Waals surface area contributed by atoms with Crippen molar-refractivity contribution >= 4 is 21.4 Å². The molecule has 0 saturated heterocycles. The fourth-order valence-electron chi connectivity index (χ4n) is 2.39. The molecule has 120 valence electrons. The molecular formula is C16H26ClNO2S. The summed E-state index contributed by atoms with van der Waals surface area (Å²) in [6, 6.07) is 7.91. The quantitative estimate of drug-likeness (QED) is 0.669. The maximum atomic E-state index is 11.2. The van der Waals surface area contributed by atoms with Crippen molar-refractivity contribution < 1.29 is 8.42 Å². The molecule has 0 heterocycles. The molecule has 0 spiro atoms. The third-order valence-corrected chi connectivity index (χ3v) is 4.67. The lowest BCUT2D eigenvalue weighted by Gasteiger charge is -2.18. The molecule has 0 fully saturated rings. The Morgan fingerprint density at radius 2 is 2.10 bits per heavy atom. The van der Waals surface area contributed by atoms with Gasteiger partial charge < -0.3 is 5.32 Å². The van der Waals surface area contributed by atoms with Crippen molar-refractivity contribution in [3.63, 3.8) is 0 Å². The van der Waals surface area contributed by atoms with Crippen molar-refractivity contribution in [1.29, 1.82) is 0 Å². The first-order valence-corrected chi connectivity index (χ1v) is 9.97. The molecule has 0 aliphatic heterocycles. The van der Waals surface area contributed by atoms with E-state index in [2.05, 4.69) is 18.3 Å². The largest absolute Gasteiger partial charge is 0.316 e. The average Bonchev–Trinajstić information content (AvgIpc) is 2.37. The summed E-state index contributed by atoms with van der Waals surface area (Å²) in [5.74, 6) is 0.712. The van der Waals surface area contributed by atoms with E-state index in [1.165, 1.54) is 11.8 Å². The fourth-order valence-corrected chi connectivity index (χ4v) is 3.29. The van der Waals surface area contributed by atoms with Crippen LogP contribution in [0.3, 0.4) is 0 Å². The van der Waals surface area contributed by atoms with Gasteiger partial charge in [-0.25, -0.2) is 8.42 Å². The molecule has 0 aliphatic carbocycles. The summed E-state index contributed by atoms with van der Waals surface area (Å²) in [5, 5.41) is 4.19. The van der Waals surface area contributed by atoms with Crippen LogP contribution in [0.2, 0.25) is 5.02 Å². The normalized spacial score (nSPS) is 13.3. The number of rotatable bonds is 10. The second kappa shape index (κ2) is 9.44. The molecule has 0 bridgehead atoms. The van der Waals surface area contributed by atoms with E-state index < -0.39 is 9.84 Å². The second-order valence-corrected chi connectivity index (χ2v) is 8.37. The maximum Gasteiger partial charge on any atom is 0.147 e. The van der Waals surface area contributed by atoms with E-state index in [1.54, 1.807) is 0 Å². The predicted molar refractivity (Wildman–Crippen MR) is 90.8 cm³/mol. The van der Waals surface area contributed by atoms with Gasteiger partial charge in [-0.15, -0.1) is 0 Å². The van der Waals surface area contributed by atoms with Crippen LogP contribution in [0, 0.1) is 5.92 Å². The SMILES string of the molecule is CCCNCC(CCCS(C)(=O)=O)Cc1cccc(Cl)c1. The van der Waals surface area contributed by atoms with Crippen LogP contribution < -0.4 is 5.32 Å². The number of sulfone groups is 1. The molecule has 1 rings (SSSR count). The third kappa shape index (κ3) is 9.12. The van der Waals surface area contributed by atoms with Gasteiger partial charge in [-0.1, -0.05) is 30.7 Å². The molecule has 1 unspecified atom stereocenters. The highest BCUT2D eigenvalue weighted by molar-refractivity contribution is 7.90. The lowest BCUT2D eigenvalue weighted by Crippen LogP contribution is -2.25. The first-order valence-electron chi connectivity index (χ1n) is 7.53. The van der Waals surface area contributed by atoms with Crippen LogP contribution in [0.4, 0.5) is 0 Å². The average molecular weight is 332 g/mol. The Morgan fingerprint density at radius 1 is 1.33 bits per heavy atom. The Balaban J connectivity index is 2.54. The summed E-state index contributed by atoms with van der Waals surface area (Å²) < 4.78 is 22.5. The van der Waals surface area contributed by atoms with Crippen LogP contribution in [0.1, 0.15) is 31.7 Å². The number of halogens is 1. The monoisotopic (exact) mass is 331 g/mol. The lowest BCUT2D eigenvalue weighted by molar-refractivity contribution is 0.438. The summed E-state index contributed by atoms with van der Waals surface area (Å²) in [6.45, 7) is 4.06. The van der Waals surface area contributed by atoms with Crippen LogP contribution >= 0.6 is 11.6 Å². The van der Waals surface area contributed by atoms with Crippen molar-refractivity contribution in [3.8, 4) is 0 Å². The minimum absolute atomic E-state index is 0.271. The van der Waals surface area contributed by atoms with Crippen molar-refractivity contribution in [3.05, 3.63) is 34.9 Å². The van der Waals surface area contributed by atoms with E-state index in [-0.39, 0.29) is 5.75 Å². The highest BCUT2D eigenvalue weighted by atomic mass is 35.5. The molecular weight excluding hydrogens is 306 g/mol. The molecule has 1 atom stereocenters. The van der Waals surface area contributed by atoms with Crippen LogP contribution in [-0.4, -0.2) is 33.5 Å². The minimum Gasteiger partial charge on any atom is -0.316 e. The Hall–Kier alpha value is -0.580. The van der Waals surface area contributed by atoms with E-state index in [0.29, 0.717) is 5.92 Å². The van der Waals surface area contributed by atoms with E-state index >= 15 is 0 Å². The molecule has 3 nitrogen and oxygen atoms in total. The molecule has 21 heavy (non-hydrogen) atoms. The van der Waals surface area contributed by atoms with Crippen LogP contribution in [0.25, 0.3) is 0 Å². The van der Waals surface area contributed by atoms with E-state index in [1.807, 2.05) is 18.2 Å². The molecule has 0 radical (unpaired) electrons. The number of benzene rings is 1. The van der Waals surface area contributed by atoms with Gasteiger partial charge in [-0.3, -0.25) is 0 Å². The van der Waals surface area contributed by atoms with Gasteiger partial charge >= 0.3 is 0 Å². The van der Waals surface area contributed by atoms with Gasteiger partial charge in [0.1, 0.15) is 9.84 Å². The van der Waals surface area contributed by atoms with E-state index in [4.69, 9.17) is 11.6 Å². The molecule has 0 aromatic heterocycles. The zero-order valence-electron chi connectivity index (χ0n) is 12.9. The van der Waals surface area contributed by atoms with Crippen molar-refractivity contribution in [1.82, 2.24) is 5.32 Å². The molecule has 1 aromatic carbocycles. The van der Waals surface area contributed by atoms with Crippen LogP contribution in [0.15, 0.2) is 24.3 Å². The maximum absolute atomic E-state index is 11.2. The summed E-state index contributed by atoms with van der Waals surface area (Å²) in [6.07, 6.45) is 4.97. The van der Waals surface area contributed by atoms with Crippen LogP contribution in [-0.2, 0) is 16.3 Å². The lowest BCUT2D eigenvalue weighted by atomic mass is 9.95. The minimum atomic E-state index is -2.87. The fraction of sp³-hybridized carbons (Fsp3) is 0.625. The third-order valence-electron chi connectivity index (χ3n) is 3.40. The highest BCUT2D eigenvalue weighted by Crippen LogP contribution is 2.17. The van der Waals surface area contributed by atoms with Crippen molar-refractivity contribution in [2.75, 3.05) is 25.1 Å². The van der Waals surface area contributed by atoms with Gasteiger partial charge in [-0.2, -0.15) is 0 Å². The van der Waals surface area contributed by atoms with Gasteiger partial charge in [0.15, 0.2) is 0 Å². The number of nitrogens with one attached hydrogen (secondary N) is 1. The summed E-state index contributed by atoms with van der Waals surface area (Å²) in [5.41, 5.74) is 1.21. The predicted octanol–water partition coefficient (Wildman–Crippen LogP) is 3.32. The molecule has 1 N–H and O–H groups in total. The van der Waals surface area contributed by atoms with Gasteiger partial charge in [0.25, 0.3) is 0 Å². The van der Waals surface area contributed by atoms with Gasteiger partial charge in [0.2, 0.25) is 0 Å².